The molecule has 1 fully saturated rings. The third kappa shape index (κ3) is 8.35. The Bertz CT molecular complexity index is 1750. The lowest BCUT2D eigenvalue weighted by molar-refractivity contribution is -0.152. The first kappa shape index (κ1) is 34.9. The fraction of sp³-hybridized carbons (Fsp3) is 0.361. The highest BCUT2D eigenvalue weighted by Crippen LogP contribution is 2.34. The number of benzene rings is 3. The standard InChI is InChI=1S/C36H38F3N3O5S/c1-23-21-25(7-15-31(23)47-35(2,3)34(44)45)30(43)14-16-32-29(40-33(48-32)24-5-8-26(9-6-24)36(37,38)39)22-41-17-19-42(20-18-41)27-10-12-28(46-4)13-11-27/h5-13,15,21H,14,16-20,22H2,1-4H3,(H,44,45). The van der Waals surface area contributed by atoms with Crippen molar-refractivity contribution in [3.8, 4) is 22.1 Å². The van der Waals surface area contributed by atoms with E-state index >= 15 is 0 Å². The minimum atomic E-state index is -4.43. The summed E-state index contributed by atoms with van der Waals surface area (Å²) >= 11 is 1.40. The van der Waals surface area contributed by atoms with E-state index in [9.17, 15) is 27.9 Å². The number of aryl methyl sites for hydroxylation is 2. The fourth-order valence-corrected chi connectivity index (χ4v) is 6.50. The van der Waals surface area contributed by atoms with Crippen LogP contribution in [0.15, 0.2) is 66.7 Å². The van der Waals surface area contributed by atoms with Crippen LogP contribution in [0.5, 0.6) is 11.5 Å². The number of anilines is 1. The summed E-state index contributed by atoms with van der Waals surface area (Å²) in [5.74, 6) is -0.00318. The molecular weight excluding hydrogens is 643 g/mol. The second kappa shape index (κ2) is 14.4. The van der Waals surface area contributed by atoms with Crippen LogP contribution in [0.3, 0.4) is 0 Å². The van der Waals surface area contributed by atoms with E-state index in [1.54, 1.807) is 32.2 Å². The first-order chi connectivity index (χ1) is 22.7. The lowest BCUT2D eigenvalue weighted by Crippen LogP contribution is -2.46. The lowest BCUT2D eigenvalue weighted by atomic mass is 10.0. The molecule has 1 aliphatic heterocycles. The minimum Gasteiger partial charge on any atom is -0.497 e. The Morgan fingerprint density at radius 1 is 0.958 bits per heavy atom. The number of thiazole rings is 1. The Kier molecular flexibility index (Phi) is 10.4. The number of Topliss-reactive ketones (excluding diaryl/α,β-unsaturated/α-hetero) is 1. The molecule has 48 heavy (non-hydrogen) atoms. The van der Waals surface area contributed by atoms with Crippen molar-refractivity contribution in [2.24, 2.45) is 0 Å². The molecule has 254 valence electrons. The SMILES string of the molecule is COc1ccc(N2CCN(Cc3nc(-c4ccc(C(F)(F)F)cc4)sc3CCC(=O)c3ccc(OC(C)(C)C(=O)O)c(C)c3)CC2)cc1. The molecule has 8 nitrogen and oxygen atoms in total. The smallest absolute Gasteiger partial charge is 0.416 e. The summed E-state index contributed by atoms with van der Waals surface area (Å²) in [6.45, 7) is 8.46. The van der Waals surface area contributed by atoms with Gasteiger partial charge in [-0.05, 0) is 87.4 Å². The highest BCUT2D eigenvalue weighted by molar-refractivity contribution is 7.15. The minimum absolute atomic E-state index is 0.0920. The number of piperazine rings is 1. The zero-order valence-electron chi connectivity index (χ0n) is 27.3. The first-order valence-electron chi connectivity index (χ1n) is 15.6. The molecule has 0 amide bonds. The summed E-state index contributed by atoms with van der Waals surface area (Å²) in [5.41, 5.74) is 1.51. The summed E-state index contributed by atoms with van der Waals surface area (Å²) in [5, 5.41) is 10.0. The highest BCUT2D eigenvalue weighted by atomic mass is 32.1. The van der Waals surface area contributed by atoms with Crippen molar-refractivity contribution >= 4 is 28.8 Å². The number of hydrogen-bond acceptors (Lipinski definition) is 8. The Balaban J connectivity index is 1.31. The number of nitrogens with zero attached hydrogens (tertiary/aromatic N) is 3. The number of carbonyl (C=O) groups is 2. The van der Waals surface area contributed by atoms with Gasteiger partial charge in [0.25, 0.3) is 0 Å². The summed E-state index contributed by atoms with van der Waals surface area (Å²) in [6.07, 6.45) is -3.81. The molecule has 0 aliphatic carbocycles. The maximum atomic E-state index is 13.3. The normalized spacial score (nSPS) is 14.2. The van der Waals surface area contributed by atoms with Gasteiger partial charge in [0, 0.05) is 60.8 Å². The molecule has 12 heteroatoms. The van der Waals surface area contributed by atoms with Gasteiger partial charge in [0.15, 0.2) is 11.4 Å². The van der Waals surface area contributed by atoms with Crippen molar-refractivity contribution in [2.75, 3.05) is 38.2 Å². The molecule has 3 aromatic carbocycles. The molecule has 0 radical (unpaired) electrons. The predicted octanol–water partition coefficient (Wildman–Crippen LogP) is 7.53. The number of halogens is 3. The van der Waals surface area contributed by atoms with E-state index in [0.717, 1.165) is 60.3 Å². The molecule has 0 saturated carbocycles. The van der Waals surface area contributed by atoms with Crippen LogP contribution < -0.4 is 14.4 Å². The number of alkyl halides is 3. The molecule has 0 atom stereocenters. The average Bonchev–Trinajstić information content (AvgIpc) is 3.46. The Morgan fingerprint density at radius 2 is 1.62 bits per heavy atom. The van der Waals surface area contributed by atoms with Gasteiger partial charge in [-0.15, -0.1) is 11.3 Å². The molecule has 1 saturated heterocycles. The third-order valence-electron chi connectivity index (χ3n) is 8.38. The monoisotopic (exact) mass is 681 g/mol. The molecule has 0 unspecified atom stereocenters. The van der Waals surface area contributed by atoms with Crippen LogP contribution >= 0.6 is 11.3 Å². The number of ether oxygens (including phenoxy) is 2. The topological polar surface area (TPSA) is 92.2 Å². The zero-order valence-corrected chi connectivity index (χ0v) is 28.1. The average molecular weight is 682 g/mol. The van der Waals surface area contributed by atoms with E-state index in [1.165, 1.54) is 37.3 Å². The maximum absolute atomic E-state index is 13.3. The first-order valence-corrected chi connectivity index (χ1v) is 16.4. The molecule has 1 aromatic heterocycles. The number of rotatable bonds is 12. The number of aromatic nitrogens is 1. The van der Waals surface area contributed by atoms with E-state index in [0.29, 0.717) is 40.4 Å². The van der Waals surface area contributed by atoms with Crippen LogP contribution in [0, 0.1) is 6.92 Å². The van der Waals surface area contributed by atoms with Gasteiger partial charge in [0.05, 0.1) is 18.4 Å². The van der Waals surface area contributed by atoms with Crippen LogP contribution in [0.4, 0.5) is 18.9 Å². The quantitative estimate of drug-likeness (QED) is 0.154. The van der Waals surface area contributed by atoms with Crippen molar-refractivity contribution in [2.45, 2.75) is 51.9 Å². The molecule has 1 aliphatic rings. The van der Waals surface area contributed by atoms with E-state index in [1.807, 2.05) is 24.3 Å². The number of carboxylic acid groups (broad SMARTS) is 1. The van der Waals surface area contributed by atoms with Crippen molar-refractivity contribution in [3.63, 3.8) is 0 Å². The molecular formula is C36H38F3N3O5S. The summed E-state index contributed by atoms with van der Waals surface area (Å²) in [6, 6.07) is 17.9. The van der Waals surface area contributed by atoms with Crippen molar-refractivity contribution in [1.29, 1.82) is 0 Å². The maximum Gasteiger partial charge on any atom is 0.416 e. The number of aliphatic carboxylic acids is 1. The fourth-order valence-electron chi connectivity index (χ4n) is 5.42. The van der Waals surface area contributed by atoms with Crippen LogP contribution in [-0.4, -0.2) is 65.6 Å². The Morgan fingerprint density at radius 3 is 2.21 bits per heavy atom. The Labute approximate surface area is 281 Å². The predicted molar refractivity (Wildman–Crippen MR) is 179 cm³/mol. The molecule has 0 bridgehead atoms. The van der Waals surface area contributed by atoms with Crippen LogP contribution in [0.1, 0.15) is 52.3 Å². The van der Waals surface area contributed by atoms with E-state index in [4.69, 9.17) is 14.5 Å². The number of methoxy groups -OCH3 is 1. The summed E-state index contributed by atoms with van der Waals surface area (Å²) < 4.78 is 50.5. The van der Waals surface area contributed by atoms with Gasteiger partial charge in [0.2, 0.25) is 0 Å². The van der Waals surface area contributed by atoms with Gasteiger partial charge < -0.3 is 19.5 Å². The van der Waals surface area contributed by atoms with E-state index < -0.39 is 23.3 Å². The van der Waals surface area contributed by atoms with Crippen LogP contribution in [0.25, 0.3) is 10.6 Å². The van der Waals surface area contributed by atoms with Crippen LogP contribution in [-0.2, 0) is 23.9 Å². The molecule has 4 aromatic rings. The van der Waals surface area contributed by atoms with Gasteiger partial charge in [-0.2, -0.15) is 13.2 Å². The van der Waals surface area contributed by atoms with E-state index in [-0.39, 0.29) is 12.2 Å². The third-order valence-corrected chi connectivity index (χ3v) is 9.58. The van der Waals surface area contributed by atoms with Crippen molar-refractivity contribution < 1.29 is 37.3 Å². The second-order valence-electron chi connectivity index (χ2n) is 12.2. The number of ketones is 1. The highest BCUT2D eigenvalue weighted by Gasteiger charge is 2.31. The van der Waals surface area contributed by atoms with Crippen molar-refractivity contribution in [3.05, 3.63) is 94.0 Å². The zero-order chi connectivity index (χ0) is 34.6. The van der Waals surface area contributed by atoms with Gasteiger partial charge in [-0.1, -0.05) is 12.1 Å². The number of carboxylic acids is 1. The number of carbonyl (C=O) groups excluding carboxylic acids is 1. The van der Waals surface area contributed by atoms with Gasteiger partial charge >= 0.3 is 12.1 Å². The number of hydrogen-bond donors (Lipinski definition) is 1. The lowest BCUT2D eigenvalue weighted by Gasteiger charge is -2.36. The van der Waals surface area contributed by atoms with Crippen molar-refractivity contribution in [1.82, 2.24) is 9.88 Å². The van der Waals surface area contributed by atoms with E-state index in [2.05, 4.69) is 9.80 Å². The largest absolute Gasteiger partial charge is 0.497 e. The molecule has 2 heterocycles. The summed E-state index contributed by atoms with van der Waals surface area (Å²) in [4.78, 5) is 35.2. The van der Waals surface area contributed by atoms with Gasteiger partial charge in [0.1, 0.15) is 16.5 Å². The summed E-state index contributed by atoms with van der Waals surface area (Å²) in [7, 11) is 1.64. The molecule has 0 spiro atoms. The van der Waals surface area contributed by atoms with Gasteiger partial charge in [-0.3, -0.25) is 9.69 Å². The molecule has 5 rings (SSSR count). The second-order valence-corrected chi connectivity index (χ2v) is 13.3. The Hall–Kier alpha value is -4.42. The molecule has 1 N–H and O–H groups in total. The van der Waals surface area contributed by atoms with Gasteiger partial charge in [-0.25, -0.2) is 9.78 Å². The van der Waals surface area contributed by atoms with Crippen LogP contribution in [0.2, 0.25) is 0 Å².